The molecule has 0 fully saturated rings. The molecule has 0 saturated carbocycles. The fourth-order valence-electron chi connectivity index (χ4n) is 1.23. The first kappa shape index (κ1) is 15.8. The predicted molar refractivity (Wildman–Crippen MR) is 76.3 cm³/mol. The van der Waals surface area contributed by atoms with E-state index in [1.165, 1.54) is 12.1 Å². The highest BCUT2D eigenvalue weighted by Crippen LogP contribution is 2.10. The van der Waals surface area contributed by atoms with E-state index in [-0.39, 0.29) is 11.5 Å². The number of aliphatic hydroxyl groups excluding tert-OH is 1. The molecule has 0 spiro atoms. The van der Waals surface area contributed by atoms with E-state index in [1.54, 1.807) is 18.2 Å². The molecule has 0 heterocycles. The fraction of sp³-hybridized carbons (Fsp3) is 0.0769. The molecule has 2 N–H and O–H groups in total. The Morgan fingerprint density at radius 3 is 2.00 bits per heavy atom. The molecule has 0 aromatic heterocycles. The van der Waals surface area contributed by atoms with E-state index in [0.29, 0.717) is 0 Å². The van der Waals surface area contributed by atoms with Crippen LogP contribution in [0.25, 0.3) is 0 Å². The number of hydrogen-bond donors (Lipinski definition) is 2. The van der Waals surface area contributed by atoms with Crippen molar-refractivity contribution in [1.29, 1.82) is 0 Å². The number of benzene rings is 2. The maximum Gasteiger partial charge on any atom is 0.294 e. The summed E-state index contributed by atoms with van der Waals surface area (Å²) in [7, 11) is -4.00. The summed E-state index contributed by atoms with van der Waals surface area (Å²) in [6, 6.07) is 15.0. The summed E-state index contributed by atoms with van der Waals surface area (Å²) in [6.45, 7) is 0.111. The third-order valence-electron chi connectivity index (χ3n) is 2.11. The summed E-state index contributed by atoms with van der Waals surface area (Å²) in [4.78, 5) is -0.0741. The molecule has 0 saturated heterocycles. The highest BCUT2D eigenvalue weighted by atomic mass is 79.9. The van der Waals surface area contributed by atoms with Crippen molar-refractivity contribution >= 4 is 26.0 Å². The molecule has 0 radical (unpaired) electrons. The molecule has 19 heavy (non-hydrogen) atoms. The van der Waals surface area contributed by atoms with Gasteiger partial charge in [-0.15, -0.1) is 0 Å². The molecule has 0 atom stereocenters. The zero-order valence-corrected chi connectivity index (χ0v) is 12.3. The van der Waals surface area contributed by atoms with Gasteiger partial charge in [0.15, 0.2) is 0 Å². The predicted octanol–water partition coefficient (Wildman–Crippen LogP) is 2.87. The second kappa shape index (κ2) is 7.40. The van der Waals surface area contributed by atoms with Crippen molar-refractivity contribution < 1.29 is 18.1 Å². The summed E-state index contributed by atoms with van der Waals surface area (Å²) < 4.78 is 30.2. The molecule has 0 unspecified atom stereocenters. The molecule has 4 nitrogen and oxygen atoms in total. The highest BCUT2D eigenvalue weighted by Gasteiger charge is 2.05. The standard InChI is InChI=1S/C7H7BrO.C6H6O3S/c8-7-3-1-2-6(4-7)5-9;7-10(8,9)6-4-2-1-3-5-6/h1-4,9H,5H2;1-5H,(H,7,8,9). The van der Waals surface area contributed by atoms with Crippen LogP contribution in [0.4, 0.5) is 0 Å². The van der Waals surface area contributed by atoms with Gasteiger partial charge in [-0.05, 0) is 29.8 Å². The average Bonchev–Trinajstić information content (AvgIpc) is 2.39. The second-order valence-corrected chi connectivity index (χ2v) is 5.91. The Morgan fingerprint density at radius 1 is 1.00 bits per heavy atom. The van der Waals surface area contributed by atoms with Crippen LogP contribution in [0.5, 0.6) is 0 Å². The summed E-state index contributed by atoms with van der Waals surface area (Å²) in [5.74, 6) is 0. The lowest BCUT2D eigenvalue weighted by Gasteiger charge is -1.93. The van der Waals surface area contributed by atoms with Crippen molar-refractivity contribution in [3.05, 3.63) is 64.6 Å². The first-order chi connectivity index (χ1) is 8.93. The van der Waals surface area contributed by atoms with E-state index >= 15 is 0 Å². The van der Waals surface area contributed by atoms with Gasteiger partial charge in [-0.2, -0.15) is 8.42 Å². The van der Waals surface area contributed by atoms with Crippen LogP contribution in [0.15, 0.2) is 64.0 Å². The number of halogens is 1. The van der Waals surface area contributed by atoms with Crippen molar-refractivity contribution in [3.63, 3.8) is 0 Å². The Morgan fingerprint density at radius 2 is 1.63 bits per heavy atom. The molecule has 0 aliphatic carbocycles. The minimum Gasteiger partial charge on any atom is -0.392 e. The molecular weight excluding hydrogens is 332 g/mol. The second-order valence-electron chi connectivity index (χ2n) is 3.58. The summed E-state index contributed by atoms with van der Waals surface area (Å²) in [5, 5.41) is 8.64. The zero-order chi connectivity index (χ0) is 14.3. The number of hydrogen-bond acceptors (Lipinski definition) is 3. The van der Waals surface area contributed by atoms with Gasteiger partial charge in [0.25, 0.3) is 10.1 Å². The zero-order valence-electron chi connectivity index (χ0n) is 9.90. The number of aliphatic hydroxyl groups is 1. The van der Waals surface area contributed by atoms with E-state index < -0.39 is 10.1 Å². The Kier molecular flexibility index (Phi) is 6.17. The first-order valence-corrected chi connectivity index (χ1v) is 7.54. The minimum atomic E-state index is -4.00. The van der Waals surface area contributed by atoms with E-state index in [1.807, 2.05) is 24.3 Å². The van der Waals surface area contributed by atoms with E-state index in [9.17, 15) is 8.42 Å². The molecule has 0 aliphatic heterocycles. The summed E-state index contributed by atoms with van der Waals surface area (Å²) in [5.41, 5.74) is 0.935. The molecule has 0 aliphatic rings. The Hall–Kier alpha value is -1.21. The smallest absolute Gasteiger partial charge is 0.294 e. The molecule has 2 aromatic carbocycles. The van der Waals surface area contributed by atoms with E-state index in [2.05, 4.69) is 15.9 Å². The molecule has 6 heteroatoms. The first-order valence-electron chi connectivity index (χ1n) is 5.31. The van der Waals surface area contributed by atoms with Crippen molar-refractivity contribution in [2.45, 2.75) is 11.5 Å². The SMILES string of the molecule is O=S(=O)(O)c1ccccc1.OCc1cccc(Br)c1. The van der Waals surface area contributed by atoms with Crippen molar-refractivity contribution in [1.82, 2.24) is 0 Å². The lowest BCUT2D eigenvalue weighted by atomic mass is 10.2. The van der Waals surface area contributed by atoms with Crippen LogP contribution < -0.4 is 0 Å². The Bertz CT molecular complexity index is 612. The molecular formula is C13H13BrO4S. The van der Waals surface area contributed by atoms with Gasteiger partial charge < -0.3 is 5.11 Å². The quantitative estimate of drug-likeness (QED) is 0.821. The third-order valence-corrected chi connectivity index (χ3v) is 3.47. The summed E-state index contributed by atoms with van der Waals surface area (Å²) in [6.07, 6.45) is 0. The Labute approximate surface area is 120 Å². The van der Waals surface area contributed by atoms with Gasteiger partial charge in [0.2, 0.25) is 0 Å². The highest BCUT2D eigenvalue weighted by molar-refractivity contribution is 9.10. The number of rotatable bonds is 2. The van der Waals surface area contributed by atoms with Crippen molar-refractivity contribution in [2.75, 3.05) is 0 Å². The monoisotopic (exact) mass is 344 g/mol. The van der Waals surface area contributed by atoms with Crippen LogP contribution in [-0.2, 0) is 16.7 Å². The Balaban J connectivity index is 0.000000191. The van der Waals surface area contributed by atoms with Gasteiger partial charge in [0, 0.05) is 4.47 Å². The lowest BCUT2D eigenvalue weighted by Crippen LogP contribution is -1.96. The largest absolute Gasteiger partial charge is 0.392 e. The molecule has 102 valence electrons. The lowest BCUT2D eigenvalue weighted by molar-refractivity contribution is 0.282. The van der Waals surface area contributed by atoms with Crippen LogP contribution >= 0.6 is 15.9 Å². The summed E-state index contributed by atoms with van der Waals surface area (Å²) >= 11 is 3.29. The average molecular weight is 345 g/mol. The van der Waals surface area contributed by atoms with Gasteiger partial charge in [-0.25, -0.2) is 0 Å². The van der Waals surface area contributed by atoms with Gasteiger partial charge in [0.05, 0.1) is 11.5 Å². The van der Waals surface area contributed by atoms with Crippen LogP contribution in [0.3, 0.4) is 0 Å². The topological polar surface area (TPSA) is 74.6 Å². The van der Waals surface area contributed by atoms with Gasteiger partial charge in [-0.1, -0.05) is 46.3 Å². The molecule has 2 rings (SSSR count). The van der Waals surface area contributed by atoms with Crippen LogP contribution in [0.2, 0.25) is 0 Å². The van der Waals surface area contributed by atoms with E-state index in [4.69, 9.17) is 9.66 Å². The maximum absolute atomic E-state index is 10.4. The van der Waals surface area contributed by atoms with E-state index in [0.717, 1.165) is 10.0 Å². The van der Waals surface area contributed by atoms with Gasteiger partial charge in [0.1, 0.15) is 0 Å². The molecule has 2 aromatic rings. The third kappa shape index (κ3) is 5.98. The van der Waals surface area contributed by atoms with Gasteiger partial charge in [-0.3, -0.25) is 4.55 Å². The van der Waals surface area contributed by atoms with Crippen LogP contribution in [0.1, 0.15) is 5.56 Å². The van der Waals surface area contributed by atoms with Crippen LogP contribution in [0, 0.1) is 0 Å². The fourth-order valence-corrected chi connectivity index (χ4v) is 2.18. The molecule has 0 bridgehead atoms. The normalized spacial score (nSPS) is 10.5. The minimum absolute atomic E-state index is 0.0741. The maximum atomic E-state index is 10.4. The van der Waals surface area contributed by atoms with Crippen molar-refractivity contribution in [2.24, 2.45) is 0 Å². The molecule has 0 amide bonds. The van der Waals surface area contributed by atoms with Crippen LogP contribution in [-0.4, -0.2) is 18.1 Å². The van der Waals surface area contributed by atoms with Crippen molar-refractivity contribution in [3.8, 4) is 0 Å². The van der Waals surface area contributed by atoms with Gasteiger partial charge >= 0.3 is 0 Å².